The number of aromatic nitrogens is 1. The lowest BCUT2D eigenvalue weighted by Crippen LogP contribution is -2.18. The summed E-state index contributed by atoms with van der Waals surface area (Å²) in [4.78, 5) is 25.5. The highest BCUT2D eigenvalue weighted by Crippen LogP contribution is 2.40. The third kappa shape index (κ3) is 3.58. The van der Waals surface area contributed by atoms with E-state index in [2.05, 4.69) is 0 Å². The second-order valence-corrected chi connectivity index (χ2v) is 8.13. The zero-order valence-electron chi connectivity index (χ0n) is 16.8. The fraction of sp³-hybridized carbons (Fsp3) is 0.333. The lowest BCUT2D eigenvalue weighted by molar-refractivity contribution is -0.139. The van der Waals surface area contributed by atoms with Crippen LogP contribution in [0, 0.1) is 18.7 Å². The number of aromatic hydroxyl groups is 1. The third-order valence-electron chi connectivity index (χ3n) is 6.20. The van der Waals surface area contributed by atoms with E-state index in [1.54, 1.807) is 13.0 Å². The standard InChI is InChI=1S/C24H24FNO4/c1-14-22(20(24(29)30)11-15-5-2-3-6-15)19-13-18(27)9-10-21(19)26(14)23(28)16-7-4-8-17(25)12-16/h4,7-10,12-13,15,20,27H,2-3,5-6,11H2,1H3,(H,29,30). The number of carboxylic acids is 1. The highest BCUT2D eigenvalue weighted by molar-refractivity contribution is 6.05. The quantitative estimate of drug-likeness (QED) is 0.605. The van der Waals surface area contributed by atoms with Gasteiger partial charge in [0.1, 0.15) is 11.6 Å². The van der Waals surface area contributed by atoms with Crippen LogP contribution in [0.1, 0.15) is 59.6 Å². The number of halogens is 1. The summed E-state index contributed by atoms with van der Waals surface area (Å²) in [5.74, 6) is -2.33. The second kappa shape index (κ2) is 7.94. The number of aliphatic carboxylic acids is 1. The maximum absolute atomic E-state index is 13.7. The largest absolute Gasteiger partial charge is 0.508 e. The van der Waals surface area contributed by atoms with Crippen LogP contribution in [0.3, 0.4) is 0 Å². The van der Waals surface area contributed by atoms with Gasteiger partial charge in [0.15, 0.2) is 0 Å². The molecule has 1 fully saturated rings. The molecule has 1 aromatic heterocycles. The average Bonchev–Trinajstić information content (AvgIpc) is 3.31. The van der Waals surface area contributed by atoms with Gasteiger partial charge in [-0.2, -0.15) is 0 Å². The molecule has 1 aliphatic rings. The molecule has 156 valence electrons. The van der Waals surface area contributed by atoms with Crippen LogP contribution in [-0.2, 0) is 4.79 Å². The molecule has 2 aromatic carbocycles. The van der Waals surface area contributed by atoms with Crippen LogP contribution in [-0.4, -0.2) is 26.7 Å². The van der Waals surface area contributed by atoms with Gasteiger partial charge in [0, 0.05) is 16.6 Å². The number of nitrogens with zero attached hydrogens (tertiary/aromatic N) is 1. The Labute approximate surface area is 173 Å². The summed E-state index contributed by atoms with van der Waals surface area (Å²) in [6, 6.07) is 10.0. The minimum atomic E-state index is -0.939. The number of rotatable bonds is 5. The van der Waals surface area contributed by atoms with Gasteiger partial charge in [-0.15, -0.1) is 0 Å². The molecule has 2 N–H and O–H groups in total. The van der Waals surface area contributed by atoms with Gasteiger partial charge in [-0.3, -0.25) is 14.2 Å². The minimum absolute atomic E-state index is 0.00381. The zero-order chi connectivity index (χ0) is 21.4. The van der Waals surface area contributed by atoms with Gasteiger partial charge in [0.2, 0.25) is 0 Å². The Morgan fingerprint density at radius 1 is 1.17 bits per heavy atom. The molecule has 6 heteroatoms. The first-order valence-corrected chi connectivity index (χ1v) is 10.2. The van der Waals surface area contributed by atoms with Crippen molar-refractivity contribution in [2.45, 2.75) is 44.9 Å². The molecular formula is C24H24FNO4. The Balaban J connectivity index is 1.89. The summed E-state index contributed by atoms with van der Waals surface area (Å²) in [5.41, 5.74) is 1.74. The van der Waals surface area contributed by atoms with Crippen molar-refractivity contribution in [3.05, 3.63) is 65.1 Å². The number of carbonyl (C=O) groups excluding carboxylic acids is 1. The molecule has 1 heterocycles. The highest BCUT2D eigenvalue weighted by Gasteiger charge is 2.32. The number of phenols is 1. The van der Waals surface area contributed by atoms with Crippen molar-refractivity contribution < 1.29 is 24.2 Å². The van der Waals surface area contributed by atoms with Crippen molar-refractivity contribution in [2.75, 3.05) is 0 Å². The molecule has 30 heavy (non-hydrogen) atoms. The molecule has 0 aliphatic heterocycles. The van der Waals surface area contributed by atoms with Crippen molar-refractivity contribution in [3.63, 3.8) is 0 Å². The normalized spacial score (nSPS) is 15.5. The Hall–Kier alpha value is -3.15. The number of phenolic OH excluding ortho intramolecular Hbond substituents is 1. The SMILES string of the molecule is Cc1c(C(CC2CCCC2)C(=O)O)c2cc(O)ccc2n1C(=O)c1cccc(F)c1. The molecule has 4 rings (SSSR count). The first kappa shape index (κ1) is 20.1. The molecule has 1 saturated carbocycles. The third-order valence-corrected chi connectivity index (χ3v) is 6.20. The number of fused-ring (bicyclic) bond motifs is 1. The van der Waals surface area contributed by atoms with Crippen molar-refractivity contribution in [3.8, 4) is 5.75 Å². The molecule has 1 atom stereocenters. The predicted molar refractivity (Wildman–Crippen MR) is 111 cm³/mol. The van der Waals surface area contributed by atoms with Gasteiger partial charge < -0.3 is 10.2 Å². The van der Waals surface area contributed by atoms with Crippen LogP contribution in [0.15, 0.2) is 42.5 Å². The number of carbonyl (C=O) groups is 2. The van der Waals surface area contributed by atoms with Gasteiger partial charge in [0.05, 0.1) is 11.4 Å². The van der Waals surface area contributed by atoms with Crippen molar-refractivity contribution in [1.29, 1.82) is 0 Å². The van der Waals surface area contributed by atoms with E-state index in [1.807, 2.05) is 0 Å². The topological polar surface area (TPSA) is 79.5 Å². The second-order valence-electron chi connectivity index (χ2n) is 8.13. The van der Waals surface area contributed by atoms with Crippen LogP contribution in [0.5, 0.6) is 5.75 Å². The lowest BCUT2D eigenvalue weighted by Gasteiger charge is -2.18. The van der Waals surface area contributed by atoms with Crippen molar-refractivity contribution >= 4 is 22.8 Å². The van der Waals surface area contributed by atoms with Crippen molar-refractivity contribution in [1.82, 2.24) is 4.57 Å². The Morgan fingerprint density at radius 3 is 2.57 bits per heavy atom. The molecule has 1 aliphatic carbocycles. The highest BCUT2D eigenvalue weighted by atomic mass is 19.1. The van der Waals surface area contributed by atoms with Crippen LogP contribution < -0.4 is 0 Å². The van der Waals surface area contributed by atoms with E-state index >= 15 is 0 Å². The minimum Gasteiger partial charge on any atom is -0.508 e. The van der Waals surface area contributed by atoms with Crippen LogP contribution in [0.25, 0.3) is 10.9 Å². The van der Waals surface area contributed by atoms with E-state index in [9.17, 15) is 24.2 Å². The fourth-order valence-corrected chi connectivity index (χ4v) is 4.80. The molecule has 0 saturated heterocycles. The first-order chi connectivity index (χ1) is 14.4. The first-order valence-electron chi connectivity index (χ1n) is 10.2. The van der Waals surface area contributed by atoms with E-state index in [-0.39, 0.29) is 11.3 Å². The molecular weight excluding hydrogens is 385 g/mol. The maximum Gasteiger partial charge on any atom is 0.311 e. The predicted octanol–water partition coefficient (Wildman–Crippen LogP) is 5.23. The fourth-order valence-electron chi connectivity index (χ4n) is 4.80. The molecule has 3 aromatic rings. The summed E-state index contributed by atoms with van der Waals surface area (Å²) in [6.45, 7) is 1.72. The van der Waals surface area contributed by atoms with Crippen LogP contribution in [0.2, 0.25) is 0 Å². The summed E-state index contributed by atoms with van der Waals surface area (Å²) in [5, 5.41) is 20.6. The van der Waals surface area contributed by atoms with Crippen molar-refractivity contribution in [2.24, 2.45) is 5.92 Å². The molecule has 5 nitrogen and oxygen atoms in total. The Bertz CT molecular complexity index is 1130. The molecule has 0 spiro atoms. The Kier molecular flexibility index (Phi) is 5.33. The summed E-state index contributed by atoms with van der Waals surface area (Å²) >= 11 is 0. The van der Waals surface area contributed by atoms with E-state index < -0.39 is 23.6 Å². The summed E-state index contributed by atoms with van der Waals surface area (Å²) in [6.07, 6.45) is 4.73. The Morgan fingerprint density at radius 2 is 1.90 bits per heavy atom. The van der Waals surface area contributed by atoms with Gasteiger partial charge >= 0.3 is 5.97 Å². The van der Waals surface area contributed by atoms with Gasteiger partial charge in [-0.05, 0) is 61.2 Å². The lowest BCUT2D eigenvalue weighted by atomic mass is 9.86. The number of hydrogen-bond donors (Lipinski definition) is 2. The van der Waals surface area contributed by atoms with E-state index in [0.717, 1.165) is 25.7 Å². The molecule has 0 bridgehead atoms. The van der Waals surface area contributed by atoms with Crippen LogP contribution >= 0.6 is 0 Å². The van der Waals surface area contributed by atoms with Crippen LogP contribution in [0.4, 0.5) is 4.39 Å². The molecule has 0 amide bonds. The molecule has 1 unspecified atom stereocenters. The van der Waals surface area contributed by atoms with E-state index in [1.165, 1.54) is 41.0 Å². The number of carboxylic acid groups (broad SMARTS) is 1. The number of hydrogen-bond acceptors (Lipinski definition) is 3. The van der Waals surface area contributed by atoms with E-state index in [0.29, 0.717) is 34.5 Å². The van der Waals surface area contributed by atoms with Gasteiger partial charge in [-0.25, -0.2) is 4.39 Å². The average molecular weight is 409 g/mol. The summed E-state index contributed by atoms with van der Waals surface area (Å²) in [7, 11) is 0. The monoisotopic (exact) mass is 409 g/mol. The van der Waals surface area contributed by atoms with Gasteiger partial charge in [0.25, 0.3) is 5.91 Å². The molecule has 0 radical (unpaired) electrons. The number of benzene rings is 2. The maximum atomic E-state index is 13.7. The zero-order valence-corrected chi connectivity index (χ0v) is 16.8. The van der Waals surface area contributed by atoms with Gasteiger partial charge in [-0.1, -0.05) is 31.7 Å². The smallest absolute Gasteiger partial charge is 0.311 e. The summed E-state index contributed by atoms with van der Waals surface area (Å²) < 4.78 is 15.1. The van der Waals surface area contributed by atoms with E-state index in [4.69, 9.17) is 0 Å².